The van der Waals surface area contributed by atoms with E-state index >= 15 is 0 Å². The second-order valence-corrected chi connectivity index (χ2v) is 9.30. The van der Waals surface area contributed by atoms with Crippen molar-refractivity contribution in [2.24, 2.45) is 5.73 Å². The Bertz CT molecular complexity index is 1370. The van der Waals surface area contributed by atoms with Gasteiger partial charge in [0.1, 0.15) is 5.75 Å². The van der Waals surface area contributed by atoms with Gasteiger partial charge in [-0.15, -0.1) is 0 Å². The second-order valence-electron chi connectivity index (χ2n) is 9.30. The lowest BCUT2D eigenvalue weighted by atomic mass is 9.89. The first kappa shape index (κ1) is 25.4. The summed E-state index contributed by atoms with van der Waals surface area (Å²) in [6.45, 7) is 2.35. The molecule has 0 saturated carbocycles. The first-order valence-electron chi connectivity index (χ1n) is 12.9. The van der Waals surface area contributed by atoms with E-state index in [4.69, 9.17) is 19.9 Å². The van der Waals surface area contributed by atoms with E-state index in [9.17, 15) is 4.79 Å². The number of nitrogens with one attached hydrogen (secondary N) is 1. The van der Waals surface area contributed by atoms with Gasteiger partial charge in [-0.2, -0.15) is 0 Å². The van der Waals surface area contributed by atoms with Gasteiger partial charge in [-0.25, -0.2) is 0 Å². The number of benzene rings is 4. The van der Waals surface area contributed by atoms with Crippen molar-refractivity contribution in [2.45, 2.75) is 18.8 Å². The van der Waals surface area contributed by atoms with E-state index in [2.05, 4.69) is 59.9 Å². The largest absolute Gasteiger partial charge is 0.493 e. The molecule has 1 unspecified atom stereocenters. The van der Waals surface area contributed by atoms with E-state index in [1.54, 1.807) is 18.2 Å². The Labute approximate surface area is 223 Å². The number of carbonyl (C=O) groups is 1. The highest BCUT2D eigenvalue weighted by molar-refractivity contribution is 5.95. The molecule has 0 bridgehead atoms. The number of rotatable bonds is 12. The van der Waals surface area contributed by atoms with Crippen LogP contribution in [0.1, 0.15) is 45.0 Å². The van der Waals surface area contributed by atoms with Crippen LogP contribution in [0.25, 0.3) is 0 Å². The molecule has 1 atom stereocenters. The van der Waals surface area contributed by atoms with Crippen LogP contribution < -0.4 is 25.3 Å². The highest BCUT2D eigenvalue weighted by atomic mass is 16.7. The summed E-state index contributed by atoms with van der Waals surface area (Å²) < 4.78 is 17.1. The molecule has 4 aromatic rings. The molecule has 38 heavy (non-hydrogen) atoms. The molecule has 0 spiro atoms. The maximum Gasteiger partial charge on any atom is 0.252 e. The van der Waals surface area contributed by atoms with Crippen LogP contribution in [-0.4, -0.2) is 32.4 Å². The van der Waals surface area contributed by atoms with Crippen LogP contribution in [0.4, 0.5) is 0 Å². The van der Waals surface area contributed by atoms with Crippen LogP contribution in [-0.2, 0) is 6.42 Å². The second kappa shape index (κ2) is 12.3. The molecular formula is C32H32N2O4. The summed E-state index contributed by atoms with van der Waals surface area (Å²) in [5.74, 6) is 1.91. The topological polar surface area (TPSA) is 82.8 Å². The van der Waals surface area contributed by atoms with Gasteiger partial charge in [0.25, 0.3) is 5.91 Å². The number of hydrogen-bond donors (Lipinski definition) is 2. The Hall–Kier alpha value is -4.29. The zero-order valence-electron chi connectivity index (χ0n) is 21.3. The summed E-state index contributed by atoms with van der Waals surface area (Å²) in [7, 11) is 0. The maximum absolute atomic E-state index is 11.6. The quantitative estimate of drug-likeness (QED) is 0.254. The van der Waals surface area contributed by atoms with Crippen molar-refractivity contribution >= 4 is 5.91 Å². The van der Waals surface area contributed by atoms with Crippen LogP contribution in [0.3, 0.4) is 0 Å². The Morgan fingerprint density at radius 3 is 2.55 bits per heavy atom. The Kier molecular flexibility index (Phi) is 8.21. The van der Waals surface area contributed by atoms with Crippen LogP contribution in [0.2, 0.25) is 0 Å². The predicted octanol–water partition coefficient (Wildman–Crippen LogP) is 5.30. The van der Waals surface area contributed by atoms with E-state index < -0.39 is 5.91 Å². The minimum absolute atomic E-state index is 0.203. The average Bonchev–Trinajstić information content (AvgIpc) is 3.44. The van der Waals surface area contributed by atoms with Gasteiger partial charge in [0.2, 0.25) is 6.79 Å². The lowest BCUT2D eigenvalue weighted by molar-refractivity contribution is 0.0996. The van der Waals surface area contributed by atoms with Crippen molar-refractivity contribution in [1.82, 2.24) is 5.32 Å². The van der Waals surface area contributed by atoms with Gasteiger partial charge in [-0.1, -0.05) is 78.9 Å². The smallest absolute Gasteiger partial charge is 0.252 e. The summed E-state index contributed by atoms with van der Waals surface area (Å²) in [6, 6.07) is 32.5. The van der Waals surface area contributed by atoms with Crippen molar-refractivity contribution in [1.29, 1.82) is 0 Å². The van der Waals surface area contributed by atoms with Crippen LogP contribution in [0.5, 0.6) is 17.2 Å². The van der Waals surface area contributed by atoms with Crippen molar-refractivity contribution in [3.63, 3.8) is 0 Å². The summed E-state index contributed by atoms with van der Waals surface area (Å²) >= 11 is 0. The third-order valence-electron chi connectivity index (χ3n) is 6.68. The number of nitrogens with two attached hydrogens (primary N) is 1. The van der Waals surface area contributed by atoms with Crippen molar-refractivity contribution < 1.29 is 19.0 Å². The van der Waals surface area contributed by atoms with E-state index in [0.717, 1.165) is 43.0 Å². The third-order valence-corrected chi connectivity index (χ3v) is 6.68. The van der Waals surface area contributed by atoms with Gasteiger partial charge >= 0.3 is 0 Å². The van der Waals surface area contributed by atoms with Crippen molar-refractivity contribution in [3.05, 3.63) is 125 Å². The molecule has 4 aromatic carbocycles. The molecule has 1 aliphatic heterocycles. The van der Waals surface area contributed by atoms with Gasteiger partial charge in [-0.3, -0.25) is 4.79 Å². The van der Waals surface area contributed by atoms with E-state index in [1.807, 2.05) is 24.3 Å². The molecule has 0 aromatic heterocycles. The zero-order valence-corrected chi connectivity index (χ0v) is 21.3. The molecule has 1 aliphatic rings. The Morgan fingerprint density at radius 1 is 0.895 bits per heavy atom. The van der Waals surface area contributed by atoms with E-state index in [-0.39, 0.29) is 12.7 Å². The molecule has 3 N–H and O–H groups in total. The molecule has 0 aliphatic carbocycles. The van der Waals surface area contributed by atoms with Gasteiger partial charge < -0.3 is 25.3 Å². The lowest BCUT2D eigenvalue weighted by Gasteiger charge is -2.20. The van der Waals surface area contributed by atoms with Crippen molar-refractivity contribution in [2.75, 3.05) is 26.5 Å². The van der Waals surface area contributed by atoms with Gasteiger partial charge in [0.15, 0.2) is 11.5 Å². The third kappa shape index (κ3) is 6.15. The SMILES string of the molecule is NC(=O)c1ccccc1OCCCNCC(c1ccccc1)c1cccc(Cc2cccc3c2OCO3)c1. The molecule has 5 rings (SSSR count). The number of fused-ring (bicyclic) bond motifs is 1. The number of primary amides is 1. The number of ether oxygens (including phenoxy) is 3. The fraction of sp³-hybridized carbons (Fsp3) is 0.219. The number of carbonyl (C=O) groups excluding carboxylic acids is 1. The van der Waals surface area contributed by atoms with Gasteiger partial charge in [-0.05, 0) is 47.9 Å². The highest BCUT2D eigenvalue weighted by Gasteiger charge is 2.19. The first-order valence-corrected chi connectivity index (χ1v) is 12.9. The summed E-state index contributed by atoms with van der Waals surface area (Å²) in [4.78, 5) is 11.6. The fourth-order valence-corrected chi connectivity index (χ4v) is 4.80. The summed E-state index contributed by atoms with van der Waals surface area (Å²) in [5, 5.41) is 3.60. The number of para-hydroxylation sites is 2. The van der Waals surface area contributed by atoms with E-state index in [0.29, 0.717) is 17.9 Å². The van der Waals surface area contributed by atoms with E-state index in [1.165, 1.54) is 16.7 Å². The molecule has 194 valence electrons. The summed E-state index contributed by atoms with van der Waals surface area (Å²) in [6.07, 6.45) is 1.58. The minimum Gasteiger partial charge on any atom is -0.493 e. The van der Waals surface area contributed by atoms with Gasteiger partial charge in [0.05, 0.1) is 12.2 Å². The van der Waals surface area contributed by atoms with Crippen LogP contribution >= 0.6 is 0 Å². The molecular weight excluding hydrogens is 476 g/mol. The molecule has 0 fully saturated rings. The van der Waals surface area contributed by atoms with Crippen LogP contribution in [0, 0.1) is 0 Å². The Balaban J connectivity index is 1.22. The Morgan fingerprint density at radius 2 is 1.68 bits per heavy atom. The average molecular weight is 509 g/mol. The molecule has 0 saturated heterocycles. The lowest BCUT2D eigenvalue weighted by Crippen LogP contribution is -2.24. The maximum atomic E-state index is 11.6. The first-order chi connectivity index (χ1) is 18.7. The predicted molar refractivity (Wildman–Crippen MR) is 148 cm³/mol. The standard InChI is InChI=1S/C32H32N2O4/c33-32(35)27-14-4-5-15-29(27)36-18-8-17-34-21-28(24-10-2-1-3-11-24)25-12-6-9-23(19-25)20-26-13-7-16-30-31(26)38-22-37-30/h1-7,9-16,19,28,34H,8,17-18,20-22H2,(H2,33,35). The zero-order chi connectivity index (χ0) is 26.2. The fourth-order valence-electron chi connectivity index (χ4n) is 4.80. The van der Waals surface area contributed by atoms with Crippen LogP contribution in [0.15, 0.2) is 97.1 Å². The summed E-state index contributed by atoms with van der Waals surface area (Å²) in [5.41, 5.74) is 10.7. The normalized spacial score (nSPS) is 12.7. The van der Waals surface area contributed by atoms with Gasteiger partial charge in [0, 0.05) is 24.4 Å². The monoisotopic (exact) mass is 508 g/mol. The molecule has 1 heterocycles. The minimum atomic E-state index is -0.482. The molecule has 6 heteroatoms. The number of amides is 1. The molecule has 0 radical (unpaired) electrons. The van der Waals surface area contributed by atoms with Crippen molar-refractivity contribution in [3.8, 4) is 17.2 Å². The number of hydrogen-bond acceptors (Lipinski definition) is 5. The molecule has 1 amide bonds. The highest BCUT2D eigenvalue weighted by Crippen LogP contribution is 2.36. The molecule has 6 nitrogen and oxygen atoms in total.